The van der Waals surface area contributed by atoms with Gasteiger partial charge in [0.2, 0.25) is 0 Å². The van der Waals surface area contributed by atoms with Gasteiger partial charge in [0.1, 0.15) is 17.1 Å². The van der Waals surface area contributed by atoms with Gasteiger partial charge in [0.25, 0.3) is 5.91 Å². The lowest BCUT2D eigenvalue weighted by atomic mass is 9.85. The van der Waals surface area contributed by atoms with Crippen LogP contribution in [0.2, 0.25) is 0 Å². The van der Waals surface area contributed by atoms with Gasteiger partial charge in [-0.05, 0) is 91.4 Å². The summed E-state index contributed by atoms with van der Waals surface area (Å²) in [5, 5.41) is 18.3. The lowest BCUT2D eigenvalue weighted by Crippen LogP contribution is -2.35. The molecule has 0 saturated heterocycles. The molecule has 242 valence electrons. The number of rotatable bonds is 11. The van der Waals surface area contributed by atoms with Gasteiger partial charge in [-0.25, -0.2) is 0 Å². The highest BCUT2D eigenvalue weighted by atomic mass is 19.3. The van der Waals surface area contributed by atoms with Crippen LogP contribution in [0, 0.1) is 6.92 Å². The van der Waals surface area contributed by atoms with Crippen molar-refractivity contribution in [3.63, 3.8) is 0 Å². The van der Waals surface area contributed by atoms with E-state index in [0.717, 1.165) is 39.2 Å². The van der Waals surface area contributed by atoms with Crippen LogP contribution in [0.15, 0.2) is 63.1 Å². The fourth-order valence-corrected chi connectivity index (χ4v) is 6.20. The van der Waals surface area contributed by atoms with Crippen molar-refractivity contribution in [1.82, 2.24) is 9.80 Å². The Morgan fingerprint density at radius 3 is 2.28 bits per heavy atom. The highest BCUT2D eigenvalue weighted by molar-refractivity contribution is 5.96. The van der Waals surface area contributed by atoms with E-state index < -0.39 is 23.4 Å². The summed E-state index contributed by atoms with van der Waals surface area (Å²) in [4.78, 5) is 55.6. The molecule has 1 aliphatic heterocycles. The van der Waals surface area contributed by atoms with Crippen LogP contribution >= 0.6 is 0 Å². The molecule has 0 bridgehead atoms. The zero-order chi connectivity index (χ0) is 33.2. The number of aryl methyl sites for hydroxylation is 1. The first-order valence-electron chi connectivity index (χ1n) is 15.3. The zero-order valence-corrected chi connectivity index (χ0v) is 26.1. The molecule has 0 spiro atoms. The van der Waals surface area contributed by atoms with Crippen molar-refractivity contribution in [2.45, 2.75) is 64.4 Å². The molecule has 1 aromatic rings. The normalized spacial score (nSPS) is 17.6. The van der Waals surface area contributed by atoms with Crippen LogP contribution in [0.3, 0.4) is 0 Å². The number of carbonyl (C=O) groups is 3. The number of carboxylic acids is 2. The number of benzene rings is 2. The second-order valence-corrected chi connectivity index (χ2v) is 12.2. The molecule has 1 heterocycles. The van der Waals surface area contributed by atoms with Crippen molar-refractivity contribution < 1.29 is 38.5 Å². The molecule has 1 aromatic carbocycles. The first-order valence-corrected chi connectivity index (χ1v) is 15.3. The zero-order valence-electron chi connectivity index (χ0n) is 26.1. The summed E-state index contributed by atoms with van der Waals surface area (Å²) < 4.78 is 19.4. The largest absolute Gasteiger partial charge is 0.481 e. The number of hydrogen-bond donors (Lipinski definition) is 2. The van der Waals surface area contributed by atoms with Gasteiger partial charge in [0.05, 0.1) is 12.8 Å². The Morgan fingerprint density at radius 1 is 0.978 bits per heavy atom. The first-order chi connectivity index (χ1) is 21.9. The quantitative estimate of drug-likeness (QED) is 0.258. The maximum atomic E-state index is 13.4. The summed E-state index contributed by atoms with van der Waals surface area (Å²) in [6.07, 6.45) is 6.43. The Hall–Kier alpha value is -4.77. The van der Waals surface area contributed by atoms with Gasteiger partial charge in [-0.15, -0.1) is 0 Å². The number of halogens is 1. The van der Waals surface area contributed by atoms with Crippen molar-refractivity contribution in [2.24, 2.45) is 0 Å². The van der Waals surface area contributed by atoms with Crippen molar-refractivity contribution in [1.29, 1.82) is 0 Å². The molecule has 0 radical (unpaired) electrons. The number of aliphatic carboxylic acids is 2. The van der Waals surface area contributed by atoms with Crippen LogP contribution < -0.4 is 5.43 Å². The molecule has 4 aliphatic rings. The molecule has 0 fully saturated rings. The molecule has 1 amide bonds. The summed E-state index contributed by atoms with van der Waals surface area (Å²) in [7, 11) is 1.98. The molecule has 1 unspecified atom stereocenters. The van der Waals surface area contributed by atoms with Gasteiger partial charge >= 0.3 is 11.9 Å². The second kappa shape index (κ2) is 13.3. The van der Waals surface area contributed by atoms with E-state index in [-0.39, 0.29) is 31.4 Å². The summed E-state index contributed by atoms with van der Waals surface area (Å²) in [5.41, 5.74) is 5.65. The van der Waals surface area contributed by atoms with Crippen LogP contribution in [-0.2, 0) is 21.0 Å². The van der Waals surface area contributed by atoms with Crippen LogP contribution in [0.25, 0.3) is 28.5 Å². The van der Waals surface area contributed by atoms with Crippen molar-refractivity contribution >= 4 is 23.9 Å². The number of amides is 1. The third kappa shape index (κ3) is 6.89. The summed E-state index contributed by atoms with van der Waals surface area (Å²) >= 11 is 0. The number of carboxylic acid groups (broad SMARTS) is 2. The SMILES string of the molecule is Cc1cc(C(=O)N(CCC(=O)O)CCC(=O)O)ccc1-c1c2ccc(=O)cc-2oc2c1CCC(N(C)C1=CCC(C)(OF)CC1)=C2. The second-order valence-electron chi connectivity index (χ2n) is 12.2. The molecule has 11 heteroatoms. The monoisotopic (exact) mass is 632 g/mol. The molecular weight excluding hydrogens is 595 g/mol. The molecule has 5 rings (SSSR count). The third-order valence-electron chi connectivity index (χ3n) is 8.92. The minimum Gasteiger partial charge on any atom is -0.481 e. The van der Waals surface area contributed by atoms with Gasteiger partial charge in [-0.1, -0.05) is 12.1 Å². The Labute approximate surface area is 265 Å². The number of carbonyl (C=O) groups excluding carboxylic acids is 1. The van der Waals surface area contributed by atoms with E-state index in [1.165, 1.54) is 17.0 Å². The van der Waals surface area contributed by atoms with E-state index in [4.69, 9.17) is 14.6 Å². The number of allylic oxidation sites excluding steroid dienone is 2. The molecule has 3 aliphatic carbocycles. The summed E-state index contributed by atoms with van der Waals surface area (Å²) in [6, 6.07) is 9.91. The highest BCUT2D eigenvalue weighted by Gasteiger charge is 2.32. The molecular formula is C35H37FN2O8. The maximum Gasteiger partial charge on any atom is 0.305 e. The van der Waals surface area contributed by atoms with Crippen molar-refractivity contribution in [3.05, 3.63) is 86.5 Å². The Balaban J connectivity index is 1.52. The van der Waals surface area contributed by atoms with Crippen LogP contribution in [0.4, 0.5) is 4.53 Å². The number of nitrogens with zero attached hydrogens (tertiary/aromatic N) is 2. The average Bonchev–Trinajstić information content (AvgIpc) is 3.03. The van der Waals surface area contributed by atoms with Gasteiger partial charge in [-0.3, -0.25) is 19.2 Å². The van der Waals surface area contributed by atoms with E-state index in [0.29, 0.717) is 49.2 Å². The van der Waals surface area contributed by atoms with Crippen LogP contribution in [0.5, 0.6) is 0 Å². The van der Waals surface area contributed by atoms with Gasteiger partial charge in [0.15, 0.2) is 5.43 Å². The summed E-state index contributed by atoms with van der Waals surface area (Å²) in [6.45, 7) is 3.41. The van der Waals surface area contributed by atoms with E-state index in [9.17, 15) is 23.7 Å². The fourth-order valence-electron chi connectivity index (χ4n) is 6.20. The van der Waals surface area contributed by atoms with Gasteiger partial charge in [0, 0.05) is 60.4 Å². The van der Waals surface area contributed by atoms with E-state index >= 15 is 0 Å². The molecule has 0 aromatic heterocycles. The van der Waals surface area contributed by atoms with E-state index in [1.807, 2.05) is 32.2 Å². The average molecular weight is 633 g/mol. The van der Waals surface area contributed by atoms with Crippen LogP contribution in [0.1, 0.15) is 72.7 Å². The molecule has 10 nitrogen and oxygen atoms in total. The fraction of sp³-hybridized carbons (Fsp3) is 0.371. The Kier molecular flexibility index (Phi) is 9.43. The highest BCUT2D eigenvalue weighted by Crippen LogP contribution is 2.44. The topological polar surface area (TPSA) is 138 Å². The molecule has 1 atom stereocenters. The standard InChI is InChI=1S/C35H37FN2O8/c1-21-18-22(34(44)38(16-12-31(40)41)17-13-32(42)43)4-7-26(21)33-27-8-5-24(37(3)23-10-14-35(2,46-36)15-11-23)19-29(27)45-30-20-25(39)6-9-28(30)33/h4,6-7,9-10,18-20H,5,8,11-17H2,1-3H3,(H,40,41)(H,42,43). The third-order valence-corrected chi connectivity index (χ3v) is 8.92. The van der Waals surface area contributed by atoms with Crippen molar-refractivity contribution in [2.75, 3.05) is 20.1 Å². The predicted molar refractivity (Wildman–Crippen MR) is 169 cm³/mol. The smallest absolute Gasteiger partial charge is 0.305 e. The van der Waals surface area contributed by atoms with Crippen molar-refractivity contribution in [3.8, 4) is 22.5 Å². The summed E-state index contributed by atoms with van der Waals surface area (Å²) in [5.74, 6) is -1.56. The maximum absolute atomic E-state index is 13.4. The van der Waals surface area contributed by atoms with Gasteiger partial charge in [-0.2, -0.15) is 4.94 Å². The minimum absolute atomic E-state index is 0.110. The lowest BCUT2D eigenvalue weighted by Gasteiger charge is -2.34. The van der Waals surface area contributed by atoms with E-state index in [1.54, 1.807) is 25.1 Å². The Bertz CT molecular complexity index is 1760. The van der Waals surface area contributed by atoms with Gasteiger partial charge < -0.3 is 24.4 Å². The number of fused-ring (bicyclic) bond motifs is 2. The molecule has 2 N–H and O–H groups in total. The minimum atomic E-state index is -1.08. The lowest BCUT2D eigenvalue weighted by molar-refractivity contribution is -0.232. The van der Waals surface area contributed by atoms with E-state index in [2.05, 4.69) is 9.84 Å². The predicted octanol–water partition coefficient (Wildman–Crippen LogP) is 6.06. The molecule has 0 saturated carbocycles. The first kappa shape index (κ1) is 32.6. The van der Waals surface area contributed by atoms with Crippen LogP contribution in [-0.4, -0.2) is 63.6 Å². The molecule has 46 heavy (non-hydrogen) atoms. The number of hydrogen-bond acceptors (Lipinski definition) is 7. The Morgan fingerprint density at radius 2 is 1.67 bits per heavy atom.